The molecule has 0 bridgehead atoms. The third-order valence-corrected chi connectivity index (χ3v) is 2.71. The lowest BCUT2D eigenvalue weighted by molar-refractivity contribution is -0.143. The van der Waals surface area contributed by atoms with Crippen LogP contribution < -0.4 is 10.6 Å². The molecule has 0 saturated carbocycles. The Labute approximate surface area is 102 Å². The number of nitrogens with zero attached hydrogens (tertiary/aromatic N) is 1. The zero-order valence-corrected chi connectivity index (χ0v) is 10.3. The van der Waals surface area contributed by atoms with E-state index in [1.54, 1.807) is 0 Å². The Hall–Kier alpha value is -1.14. The largest absolute Gasteiger partial charge is 0.466 e. The van der Waals surface area contributed by atoms with Gasteiger partial charge in [-0.3, -0.25) is 14.5 Å². The maximum absolute atomic E-state index is 11.3. The average Bonchev–Trinajstić information content (AvgIpc) is 2.30. The minimum Gasteiger partial charge on any atom is -0.466 e. The molecule has 1 heterocycles. The summed E-state index contributed by atoms with van der Waals surface area (Å²) in [5.74, 6) is -0.155. The fourth-order valence-corrected chi connectivity index (χ4v) is 1.94. The smallest absolute Gasteiger partial charge is 0.307 e. The van der Waals surface area contributed by atoms with Crippen LogP contribution >= 0.6 is 0 Å². The highest BCUT2D eigenvalue weighted by atomic mass is 16.5. The Morgan fingerprint density at radius 1 is 1.65 bits per heavy atom. The van der Waals surface area contributed by atoms with E-state index in [-0.39, 0.29) is 12.0 Å². The predicted octanol–water partition coefficient (Wildman–Crippen LogP) is -1.04. The van der Waals surface area contributed by atoms with E-state index in [1.165, 1.54) is 0 Å². The van der Waals surface area contributed by atoms with E-state index < -0.39 is 0 Å². The molecule has 2 N–H and O–H groups in total. The number of piperazine rings is 1. The predicted molar refractivity (Wildman–Crippen MR) is 63.5 cm³/mol. The molecule has 1 aliphatic heterocycles. The average molecular weight is 243 g/mol. The second-order valence-corrected chi connectivity index (χ2v) is 4.03. The number of amides is 1. The third kappa shape index (κ3) is 5.65. The molecule has 0 aromatic carbocycles. The van der Waals surface area contributed by atoms with Gasteiger partial charge in [0.2, 0.25) is 6.41 Å². The summed E-state index contributed by atoms with van der Waals surface area (Å²) < 4.78 is 4.92. The Morgan fingerprint density at radius 3 is 3.18 bits per heavy atom. The maximum Gasteiger partial charge on any atom is 0.307 e. The molecule has 0 radical (unpaired) electrons. The van der Waals surface area contributed by atoms with Crippen molar-refractivity contribution in [3.63, 3.8) is 0 Å². The summed E-state index contributed by atoms with van der Waals surface area (Å²) in [5, 5.41) is 5.93. The molecule has 0 aromatic heterocycles. The first kappa shape index (κ1) is 13.9. The highest BCUT2D eigenvalue weighted by Gasteiger charge is 2.21. The van der Waals surface area contributed by atoms with Crippen molar-refractivity contribution in [2.75, 3.05) is 39.3 Å². The summed E-state index contributed by atoms with van der Waals surface area (Å²) in [4.78, 5) is 23.7. The van der Waals surface area contributed by atoms with Gasteiger partial charge in [0.05, 0.1) is 13.0 Å². The SMILES string of the molecule is CCOC(=O)CC1CN(CCNC=O)CCN1. The van der Waals surface area contributed by atoms with Gasteiger partial charge in [0.1, 0.15) is 0 Å². The maximum atomic E-state index is 11.3. The fourth-order valence-electron chi connectivity index (χ4n) is 1.94. The van der Waals surface area contributed by atoms with E-state index in [0.29, 0.717) is 26.0 Å². The van der Waals surface area contributed by atoms with Crippen molar-refractivity contribution in [2.45, 2.75) is 19.4 Å². The van der Waals surface area contributed by atoms with E-state index in [4.69, 9.17) is 4.74 Å². The van der Waals surface area contributed by atoms with Gasteiger partial charge in [-0.05, 0) is 6.92 Å². The first-order valence-corrected chi connectivity index (χ1v) is 6.04. The summed E-state index contributed by atoms with van der Waals surface area (Å²) in [5.41, 5.74) is 0. The number of ether oxygens (including phenoxy) is 1. The van der Waals surface area contributed by atoms with Crippen LogP contribution in [0.2, 0.25) is 0 Å². The van der Waals surface area contributed by atoms with Crippen molar-refractivity contribution in [1.29, 1.82) is 0 Å². The molecule has 6 nitrogen and oxygen atoms in total. The van der Waals surface area contributed by atoms with Crippen LogP contribution in [-0.4, -0.2) is 62.7 Å². The fraction of sp³-hybridized carbons (Fsp3) is 0.818. The Morgan fingerprint density at radius 2 is 2.47 bits per heavy atom. The summed E-state index contributed by atoms with van der Waals surface area (Å²) in [6.45, 7) is 6.34. The third-order valence-electron chi connectivity index (χ3n) is 2.71. The van der Waals surface area contributed by atoms with Gasteiger partial charge in [-0.25, -0.2) is 0 Å². The Balaban J connectivity index is 2.23. The standard InChI is InChI=1S/C11H21N3O3/c1-2-17-11(16)7-10-8-14(6-4-13-10)5-3-12-9-15/h9-10,13H,2-8H2,1H3,(H,12,15). The van der Waals surface area contributed by atoms with Crippen LogP contribution in [0.3, 0.4) is 0 Å². The van der Waals surface area contributed by atoms with Crippen LogP contribution in [0.1, 0.15) is 13.3 Å². The van der Waals surface area contributed by atoms with Crippen molar-refractivity contribution in [2.24, 2.45) is 0 Å². The molecule has 0 spiro atoms. The lowest BCUT2D eigenvalue weighted by Gasteiger charge is -2.33. The van der Waals surface area contributed by atoms with Crippen molar-refractivity contribution in [3.8, 4) is 0 Å². The summed E-state index contributed by atoms with van der Waals surface area (Å²) >= 11 is 0. The molecule has 6 heteroatoms. The van der Waals surface area contributed by atoms with E-state index in [0.717, 1.165) is 26.2 Å². The first-order chi connectivity index (χ1) is 8.26. The van der Waals surface area contributed by atoms with Gasteiger partial charge >= 0.3 is 5.97 Å². The molecule has 98 valence electrons. The zero-order valence-electron chi connectivity index (χ0n) is 10.3. The molecule has 1 amide bonds. The number of carbonyl (C=O) groups is 2. The number of hydrogen-bond donors (Lipinski definition) is 2. The first-order valence-electron chi connectivity index (χ1n) is 6.04. The quantitative estimate of drug-likeness (QED) is 0.339. The van der Waals surface area contributed by atoms with Crippen LogP contribution in [0.25, 0.3) is 0 Å². The molecule has 0 aliphatic carbocycles. The van der Waals surface area contributed by atoms with E-state index in [1.807, 2.05) is 6.92 Å². The van der Waals surface area contributed by atoms with E-state index in [2.05, 4.69) is 15.5 Å². The number of hydrogen-bond acceptors (Lipinski definition) is 5. The van der Waals surface area contributed by atoms with Crippen LogP contribution in [0.15, 0.2) is 0 Å². The van der Waals surface area contributed by atoms with Gasteiger partial charge in [-0.15, -0.1) is 0 Å². The second-order valence-electron chi connectivity index (χ2n) is 4.03. The van der Waals surface area contributed by atoms with Crippen molar-refractivity contribution < 1.29 is 14.3 Å². The highest BCUT2D eigenvalue weighted by Crippen LogP contribution is 2.03. The Kier molecular flexibility index (Phi) is 6.57. The highest BCUT2D eigenvalue weighted by molar-refractivity contribution is 5.70. The summed E-state index contributed by atoms with van der Waals surface area (Å²) in [7, 11) is 0. The molecule has 1 atom stereocenters. The minimum absolute atomic E-state index is 0.152. The molecular weight excluding hydrogens is 222 g/mol. The summed E-state index contributed by atoms with van der Waals surface area (Å²) in [6.07, 6.45) is 1.11. The molecule has 1 fully saturated rings. The van der Waals surface area contributed by atoms with E-state index >= 15 is 0 Å². The monoisotopic (exact) mass is 243 g/mol. The molecule has 1 aliphatic rings. The lowest BCUT2D eigenvalue weighted by Crippen LogP contribution is -2.52. The zero-order chi connectivity index (χ0) is 12.5. The Bertz CT molecular complexity index is 248. The molecular formula is C11H21N3O3. The number of carbonyl (C=O) groups excluding carboxylic acids is 2. The van der Waals surface area contributed by atoms with Crippen LogP contribution in [-0.2, 0) is 14.3 Å². The minimum atomic E-state index is -0.155. The normalized spacial score (nSPS) is 20.9. The van der Waals surface area contributed by atoms with Crippen molar-refractivity contribution in [3.05, 3.63) is 0 Å². The van der Waals surface area contributed by atoms with Crippen LogP contribution in [0, 0.1) is 0 Å². The number of nitrogens with one attached hydrogen (secondary N) is 2. The van der Waals surface area contributed by atoms with Gasteiger partial charge < -0.3 is 15.4 Å². The summed E-state index contributed by atoms with van der Waals surface area (Å²) in [6, 6.07) is 0.152. The topological polar surface area (TPSA) is 70.7 Å². The van der Waals surface area contributed by atoms with Gasteiger partial charge in [0.25, 0.3) is 0 Å². The van der Waals surface area contributed by atoms with Crippen LogP contribution in [0.4, 0.5) is 0 Å². The molecule has 1 rings (SSSR count). The number of rotatable bonds is 7. The van der Waals surface area contributed by atoms with Crippen molar-refractivity contribution >= 4 is 12.4 Å². The molecule has 17 heavy (non-hydrogen) atoms. The van der Waals surface area contributed by atoms with E-state index in [9.17, 15) is 9.59 Å². The molecule has 1 saturated heterocycles. The van der Waals surface area contributed by atoms with Gasteiger partial charge in [-0.1, -0.05) is 0 Å². The van der Waals surface area contributed by atoms with Gasteiger partial charge in [0.15, 0.2) is 0 Å². The van der Waals surface area contributed by atoms with Crippen LogP contribution in [0.5, 0.6) is 0 Å². The van der Waals surface area contributed by atoms with Gasteiger partial charge in [-0.2, -0.15) is 0 Å². The lowest BCUT2D eigenvalue weighted by atomic mass is 10.1. The molecule has 1 unspecified atom stereocenters. The van der Waals surface area contributed by atoms with Crippen molar-refractivity contribution in [1.82, 2.24) is 15.5 Å². The molecule has 0 aromatic rings. The number of esters is 1. The van der Waals surface area contributed by atoms with Gasteiger partial charge in [0, 0.05) is 38.8 Å². The second kappa shape index (κ2) is 8.03.